The van der Waals surface area contributed by atoms with Gasteiger partial charge in [0.15, 0.2) is 0 Å². The lowest BCUT2D eigenvalue weighted by molar-refractivity contribution is 0.749. The van der Waals surface area contributed by atoms with Gasteiger partial charge in [-0.15, -0.1) is 11.3 Å². The molecular weight excluding hydrogens is 316 g/mol. The lowest BCUT2D eigenvalue weighted by Gasteiger charge is -2.05. The Balaban J connectivity index is 1.75. The number of nitrogens with zero attached hydrogens (tertiary/aromatic N) is 2. The van der Waals surface area contributed by atoms with Crippen molar-refractivity contribution in [2.75, 3.05) is 0 Å². The van der Waals surface area contributed by atoms with E-state index in [1.54, 1.807) is 22.2 Å². The van der Waals surface area contributed by atoms with Gasteiger partial charge in [-0.05, 0) is 24.1 Å². The maximum atomic E-state index is 12.8. The molecule has 118 valence electrons. The first-order chi connectivity index (χ1) is 11.7. The number of aromatic nitrogens is 2. The molecular formula is C20H16N2OS. The molecule has 0 amide bonds. The smallest absolute Gasteiger partial charge is 0.262 e. The van der Waals surface area contributed by atoms with Gasteiger partial charge in [-0.3, -0.25) is 9.36 Å². The van der Waals surface area contributed by atoms with Crippen molar-refractivity contribution in [3.05, 3.63) is 88.5 Å². The predicted molar refractivity (Wildman–Crippen MR) is 99.6 cm³/mol. The molecule has 0 unspecified atom stereocenters. The van der Waals surface area contributed by atoms with Crippen molar-refractivity contribution in [1.29, 1.82) is 0 Å². The van der Waals surface area contributed by atoms with Crippen molar-refractivity contribution in [2.45, 2.75) is 13.5 Å². The van der Waals surface area contributed by atoms with Crippen LogP contribution in [0.5, 0.6) is 0 Å². The molecule has 0 fully saturated rings. The number of rotatable bonds is 3. The fourth-order valence-corrected chi connectivity index (χ4v) is 3.70. The molecule has 0 saturated heterocycles. The van der Waals surface area contributed by atoms with Crippen molar-refractivity contribution in [1.82, 2.24) is 9.55 Å². The lowest BCUT2D eigenvalue weighted by Crippen LogP contribution is -2.20. The molecule has 4 aromatic rings. The van der Waals surface area contributed by atoms with Crippen molar-refractivity contribution < 1.29 is 0 Å². The van der Waals surface area contributed by atoms with Crippen LogP contribution in [0.4, 0.5) is 0 Å². The number of fused-ring (bicyclic) bond motifs is 1. The van der Waals surface area contributed by atoms with Gasteiger partial charge in [-0.25, -0.2) is 4.98 Å². The summed E-state index contributed by atoms with van der Waals surface area (Å²) in [6.45, 7) is 2.60. The van der Waals surface area contributed by atoms with Crippen LogP contribution in [0.2, 0.25) is 0 Å². The van der Waals surface area contributed by atoms with Crippen molar-refractivity contribution in [3.63, 3.8) is 0 Å². The van der Waals surface area contributed by atoms with Crippen LogP contribution in [0.3, 0.4) is 0 Å². The highest BCUT2D eigenvalue weighted by molar-refractivity contribution is 7.21. The summed E-state index contributed by atoms with van der Waals surface area (Å²) >= 11 is 1.56. The number of aryl methyl sites for hydroxylation is 1. The number of thiophene rings is 1. The van der Waals surface area contributed by atoms with Crippen LogP contribution in [0.1, 0.15) is 11.1 Å². The van der Waals surface area contributed by atoms with Crippen LogP contribution >= 0.6 is 11.3 Å². The highest BCUT2D eigenvalue weighted by Crippen LogP contribution is 2.30. The number of hydrogen-bond donors (Lipinski definition) is 0. The van der Waals surface area contributed by atoms with E-state index in [-0.39, 0.29) is 5.56 Å². The second-order valence-electron chi connectivity index (χ2n) is 5.86. The molecule has 0 atom stereocenters. The number of hydrogen-bond acceptors (Lipinski definition) is 3. The average Bonchev–Trinajstić information content (AvgIpc) is 3.05. The van der Waals surface area contributed by atoms with Crippen molar-refractivity contribution >= 4 is 21.6 Å². The van der Waals surface area contributed by atoms with Gasteiger partial charge in [-0.1, -0.05) is 60.2 Å². The van der Waals surface area contributed by atoms with E-state index in [2.05, 4.69) is 48.3 Å². The van der Waals surface area contributed by atoms with Crippen LogP contribution in [0.25, 0.3) is 20.7 Å². The fourth-order valence-electron chi connectivity index (χ4n) is 2.71. The zero-order valence-electron chi connectivity index (χ0n) is 13.3. The van der Waals surface area contributed by atoms with E-state index in [9.17, 15) is 4.79 Å². The SMILES string of the molecule is Cc1ccc(Cn2cnc3sc(-c4ccccc4)cc3c2=O)cc1. The van der Waals surface area contributed by atoms with Gasteiger partial charge in [-0.2, -0.15) is 0 Å². The summed E-state index contributed by atoms with van der Waals surface area (Å²) in [7, 11) is 0. The average molecular weight is 332 g/mol. The predicted octanol–water partition coefficient (Wildman–Crippen LogP) is 4.48. The zero-order valence-corrected chi connectivity index (χ0v) is 14.1. The minimum atomic E-state index is 0.0130. The Labute approximate surface area is 143 Å². The Bertz CT molecular complexity index is 1050. The van der Waals surface area contributed by atoms with Gasteiger partial charge >= 0.3 is 0 Å². The largest absolute Gasteiger partial charge is 0.294 e. The maximum Gasteiger partial charge on any atom is 0.262 e. The first kappa shape index (κ1) is 14.8. The Kier molecular flexibility index (Phi) is 3.75. The summed E-state index contributed by atoms with van der Waals surface area (Å²) in [5.74, 6) is 0. The maximum absolute atomic E-state index is 12.8. The van der Waals surface area contributed by atoms with Crippen molar-refractivity contribution in [2.24, 2.45) is 0 Å². The molecule has 0 aliphatic rings. The van der Waals surface area contributed by atoms with E-state index in [4.69, 9.17) is 0 Å². The first-order valence-electron chi connectivity index (χ1n) is 7.81. The minimum absolute atomic E-state index is 0.0130. The monoisotopic (exact) mass is 332 g/mol. The van der Waals surface area contributed by atoms with E-state index >= 15 is 0 Å². The standard InChI is InChI=1S/C20H16N2OS/c1-14-7-9-15(10-8-14)12-22-13-21-19-17(20(22)23)11-18(24-19)16-5-3-2-4-6-16/h2-11,13H,12H2,1H3. The van der Waals surface area contributed by atoms with Gasteiger partial charge in [0.05, 0.1) is 18.3 Å². The molecule has 2 heterocycles. The molecule has 0 aliphatic carbocycles. The summed E-state index contributed by atoms with van der Waals surface area (Å²) < 4.78 is 1.68. The second-order valence-corrected chi connectivity index (χ2v) is 6.89. The number of benzene rings is 2. The highest BCUT2D eigenvalue weighted by Gasteiger charge is 2.10. The molecule has 0 saturated carbocycles. The quantitative estimate of drug-likeness (QED) is 0.554. The van der Waals surface area contributed by atoms with Crippen LogP contribution in [-0.4, -0.2) is 9.55 Å². The summed E-state index contributed by atoms with van der Waals surface area (Å²) in [6, 6.07) is 20.3. The Morgan fingerprint density at radius 1 is 1.04 bits per heavy atom. The molecule has 2 aromatic carbocycles. The Hall–Kier alpha value is -2.72. The van der Waals surface area contributed by atoms with Crippen LogP contribution in [0.15, 0.2) is 71.8 Å². The van der Waals surface area contributed by atoms with Gasteiger partial charge in [0.25, 0.3) is 5.56 Å². The fraction of sp³-hybridized carbons (Fsp3) is 0.100. The minimum Gasteiger partial charge on any atom is -0.294 e. The van der Waals surface area contributed by atoms with Gasteiger partial charge in [0, 0.05) is 4.88 Å². The topological polar surface area (TPSA) is 34.9 Å². The molecule has 0 spiro atoms. The third-order valence-electron chi connectivity index (χ3n) is 4.05. The summed E-state index contributed by atoms with van der Waals surface area (Å²) in [5, 5.41) is 0.688. The molecule has 24 heavy (non-hydrogen) atoms. The Morgan fingerprint density at radius 2 is 1.79 bits per heavy atom. The molecule has 0 radical (unpaired) electrons. The van der Waals surface area contributed by atoms with E-state index in [1.165, 1.54) is 5.56 Å². The van der Waals surface area contributed by atoms with E-state index in [0.29, 0.717) is 11.9 Å². The molecule has 4 heteroatoms. The summed E-state index contributed by atoms with van der Waals surface area (Å²) in [6.07, 6.45) is 1.65. The second kappa shape index (κ2) is 6.06. The van der Waals surface area contributed by atoms with Crippen LogP contribution in [0, 0.1) is 6.92 Å². The molecule has 2 aromatic heterocycles. The summed E-state index contributed by atoms with van der Waals surface area (Å²) in [4.78, 5) is 19.1. The van der Waals surface area contributed by atoms with E-state index < -0.39 is 0 Å². The molecule has 0 aliphatic heterocycles. The van der Waals surface area contributed by atoms with Crippen molar-refractivity contribution in [3.8, 4) is 10.4 Å². The summed E-state index contributed by atoms with van der Waals surface area (Å²) in [5.41, 5.74) is 3.44. The van der Waals surface area contributed by atoms with Gasteiger partial charge in [0.1, 0.15) is 4.83 Å². The third-order valence-corrected chi connectivity index (χ3v) is 5.14. The normalized spacial score (nSPS) is 11.0. The first-order valence-corrected chi connectivity index (χ1v) is 8.62. The highest BCUT2D eigenvalue weighted by atomic mass is 32.1. The third kappa shape index (κ3) is 2.76. The van der Waals surface area contributed by atoms with Crippen LogP contribution < -0.4 is 5.56 Å². The molecule has 0 bridgehead atoms. The molecule has 4 rings (SSSR count). The zero-order chi connectivity index (χ0) is 16.5. The van der Waals surface area contributed by atoms with E-state index in [0.717, 1.165) is 20.8 Å². The van der Waals surface area contributed by atoms with Crippen LogP contribution in [-0.2, 0) is 6.54 Å². The lowest BCUT2D eigenvalue weighted by atomic mass is 10.1. The molecule has 3 nitrogen and oxygen atoms in total. The Morgan fingerprint density at radius 3 is 2.54 bits per heavy atom. The molecule has 0 N–H and O–H groups in total. The van der Waals surface area contributed by atoms with Gasteiger partial charge in [0.2, 0.25) is 0 Å². The van der Waals surface area contributed by atoms with E-state index in [1.807, 2.05) is 24.3 Å². The van der Waals surface area contributed by atoms with Gasteiger partial charge < -0.3 is 0 Å².